The van der Waals surface area contributed by atoms with Crippen molar-refractivity contribution < 1.29 is 9.59 Å². The van der Waals surface area contributed by atoms with E-state index < -0.39 is 0 Å². The van der Waals surface area contributed by atoms with Crippen LogP contribution in [0.3, 0.4) is 0 Å². The van der Waals surface area contributed by atoms with E-state index in [2.05, 4.69) is 39.6 Å². The fraction of sp³-hybridized carbons (Fsp3) is 0.440. The molecule has 2 N–H and O–H groups in total. The van der Waals surface area contributed by atoms with Gasteiger partial charge in [0.05, 0.1) is 6.54 Å². The van der Waals surface area contributed by atoms with Gasteiger partial charge in [-0.25, -0.2) is 0 Å². The normalized spacial score (nSPS) is 16.7. The van der Waals surface area contributed by atoms with Crippen LogP contribution in [0.15, 0.2) is 42.5 Å². The van der Waals surface area contributed by atoms with E-state index in [1.807, 2.05) is 30.3 Å². The topological polar surface area (TPSA) is 64.7 Å². The number of hydrogen-bond acceptors (Lipinski definition) is 4. The van der Waals surface area contributed by atoms with Gasteiger partial charge < -0.3 is 20.4 Å². The van der Waals surface area contributed by atoms with Gasteiger partial charge in [0.2, 0.25) is 5.91 Å². The molecule has 164 valence electrons. The largest absolute Gasteiger partial charge is 0.343 e. The van der Waals surface area contributed by atoms with Crippen LogP contribution in [0, 0.1) is 0 Å². The number of carbonyl (C=O) groups excluding carboxylic acids is 2. The average Bonchev–Trinajstić information content (AvgIpc) is 3.26. The molecule has 0 bridgehead atoms. The van der Waals surface area contributed by atoms with Crippen LogP contribution in [-0.4, -0.2) is 67.9 Å². The maximum absolute atomic E-state index is 12.4. The van der Waals surface area contributed by atoms with Crippen LogP contribution in [0.5, 0.6) is 0 Å². The van der Waals surface area contributed by atoms with E-state index >= 15 is 0 Å². The summed E-state index contributed by atoms with van der Waals surface area (Å²) in [6, 6.07) is 13.8. The van der Waals surface area contributed by atoms with Crippen molar-refractivity contribution in [3.05, 3.63) is 64.7 Å². The number of piperazine rings is 1. The van der Waals surface area contributed by atoms with Gasteiger partial charge in [0.1, 0.15) is 0 Å². The van der Waals surface area contributed by atoms with Crippen molar-refractivity contribution in [1.82, 2.24) is 15.1 Å². The molecule has 1 aliphatic carbocycles. The number of amides is 2. The maximum atomic E-state index is 12.4. The van der Waals surface area contributed by atoms with E-state index in [4.69, 9.17) is 0 Å². The van der Waals surface area contributed by atoms with Crippen molar-refractivity contribution >= 4 is 17.5 Å². The summed E-state index contributed by atoms with van der Waals surface area (Å²) < 4.78 is 0. The number of carbonyl (C=O) groups is 2. The van der Waals surface area contributed by atoms with E-state index in [-0.39, 0.29) is 18.4 Å². The molecule has 31 heavy (non-hydrogen) atoms. The van der Waals surface area contributed by atoms with Crippen LogP contribution in [0.25, 0.3) is 0 Å². The summed E-state index contributed by atoms with van der Waals surface area (Å²) in [5.41, 5.74) is 5.23. The summed E-state index contributed by atoms with van der Waals surface area (Å²) in [5, 5.41) is 5.58. The number of benzene rings is 2. The number of fused-ring (bicyclic) bond motifs is 1. The lowest BCUT2D eigenvalue weighted by atomic mass is 10.1. The highest BCUT2D eigenvalue weighted by atomic mass is 16.2. The number of anilines is 1. The molecule has 1 saturated heterocycles. The Morgan fingerprint density at radius 3 is 2.45 bits per heavy atom. The standard InChI is InChI=1S/C25H32N4O2/c1-28-13-15-29(16-14-28)12-11-19-5-9-23(10-6-19)27-24(30)18-26-25(31)22-8-7-20-3-2-4-21(20)17-22/h5-10,17H,2-4,11-16,18H2,1H3,(H,26,31)(H,27,30). The highest BCUT2D eigenvalue weighted by molar-refractivity contribution is 5.99. The van der Waals surface area contributed by atoms with Gasteiger partial charge in [-0.05, 0) is 73.7 Å². The third kappa shape index (κ3) is 5.93. The van der Waals surface area contributed by atoms with Gasteiger partial charge in [0, 0.05) is 44.0 Å². The molecule has 6 heteroatoms. The zero-order chi connectivity index (χ0) is 21.6. The van der Waals surface area contributed by atoms with Crippen molar-refractivity contribution in [3.8, 4) is 0 Å². The Bertz CT molecular complexity index is 918. The molecule has 0 radical (unpaired) electrons. The summed E-state index contributed by atoms with van der Waals surface area (Å²) in [6.07, 6.45) is 4.28. The lowest BCUT2D eigenvalue weighted by Crippen LogP contribution is -2.45. The monoisotopic (exact) mass is 420 g/mol. The molecule has 1 fully saturated rings. The van der Waals surface area contributed by atoms with Crippen LogP contribution >= 0.6 is 0 Å². The van der Waals surface area contributed by atoms with E-state index in [1.165, 1.54) is 16.7 Å². The van der Waals surface area contributed by atoms with E-state index in [0.717, 1.165) is 64.1 Å². The highest BCUT2D eigenvalue weighted by Gasteiger charge is 2.15. The van der Waals surface area contributed by atoms with Gasteiger partial charge in [-0.3, -0.25) is 9.59 Å². The molecule has 0 aromatic heterocycles. The second-order valence-electron chi connectivity index (χ2n) is 8.66. The molecule has 4 rings (SSSR count). The number of nitrogens with zero attached hydrogens (tertiary/aromatic N) is 2. The molecule has 2 aliphatic rings. The van der Waals surface area contributed by atoms with E-state index in [0.29, 0.717) is 5.56 Å². The van der Waals surface area contributed by atoms with E-state index in [1.54, 1.807) is 0 Å². The zero-order valence-electron chi connectivity index (χ0n) is 18.3. The van der Waals surface area contributed by atoms with Gasteiger partial charge in [-0.1, -0.05) is 18.2 Å². The maximum Gasteiger partial charge on any atom is 0.251 e. The Morgan fingerprint density at radius 2 is 1.68 bits per heavy atom. The molecule has 0 atom stereocenters. The first-order valence-electron chi connectivity index (χ1n) is 11.3. The molecular weight excluding hydrogens is 388 g/mol. The molecule has 2 aromatic carbocycles. The summed E-state index contributed by atoms with van der Waals surface area (Å²) in [7, 11) is 2.17. The Hall–Kier alpha value is -2.70. The van der Waals surface area contributed by atoms with Crippen LogP contribution < -0.4 is 10.6 Å². The smallest absolute Gasteiger partial charge is 0.251 e. The second kappa shape index (κ2) is 10.1. The summed E-state index contributed by atoms with van der Waals surface area (Å²) in [4.78, 5) is 29.5. The van der Waals surface area contributed by atoms with Crippen LogP contribution in [0.4, 0.5) is 5.69 Å². The number of likely N-dealkylation sites (N-methyl/N-ethyl adjacent to an activating group) is 1. The minimum Gasteiger partial charge on any atom is -0.343 e. The fourth-order valence-corrected chi connectivity index (χ4v) is 4.29. The first-order chi connectivity index (χ1) is 15.1. The summed E-state index contributed by atoms with van der Waals surface area (Å²) in [6.45, 7) is 5.54. The van der Waals surface area contributed by atoms with Gasteiger partial charge in [0.15, 0.2) is 0 Å². The number of nitrogens with one attached hydrogen (secondary N) is 2. The molecule has 0 unspecified atom stereocenters. The first-order valence-corrected chi connectivity index (χ1v) is 11.3. The van der Waals surface area contributed by atoms with Crippen LogP contribution in [0.1, 0.15) is 33.5 Å². The lowest BCUT2D eigenvalue weighted by molar-refractivity contribution is -0.115. The van der Waals surface area contributed by atoms with E-state index in [9.17, 15) is 9.59 Å². The minimum absolute atomic E-state index is 0.0406. The highest BCUT2D eigenvalue weighted by Crippen LogP contribution is 2.22. The van der Waals surface area contributed by atoms with Crippen LogP contribution in [-0.2, 0) is 24.1 Å². The van der Waals surface area contributed by atoms with Gasteiger partial charge >= 0.3 is 0 Å². The predicted octanol–water partition coefficient (Wildman–Crippen LogP) is 2.33. The number of aryl methyl sites for hydroxylation is 2. The van der Waals surface area contributed by atoms with Crippen molar-refractivity contribution in [3.63, 3.8) is 0 Å². The average molecular weight is 421 g/mol. The molecule has 0 spiro atoms. The zero-order valence-corrected chi connectivity index (χ0v) is 18.3. The molecule has 0 saturated carbocycles. The number of hydrogen-bond donors (Lipinski definition) is 2. The molecule has 1 heterocycles. The Kier molecular flexibility index (Phi) is 6.99. The Labute approximate surface area is 184 Å². The minimum atomic E-state index is -0.223. The molecular formula is C25H32N4O2. The lowest BCUT2D eigenvalue weighted by Gasteiger charge is -2.32. The summed E-state index contributed by atoms with van der Waals surface area (Å²) in [5.74, 6) is -0.427. The second-order valence-corrected chi connectivity index (χ2v) is 8.66. The quantitative estimate of drug-likeness (QED) is 0.722. The SMILES string of the molecule is CN1CCN(CCc2ccc(NC(=O)CNC(=O)c3ccc4c(c3)CCC4)cc2)CC1. The molecule has 1 aliphatic heterocycles. The molecule has 2 amide bonds. The predicted molar refractivity (Wildman–Crippen MR) is 124 cm³/mol. The third-order valence-electron chi connectivity index (χ3n) is 6.32. The number of rotatable bonds is 7. The molecule has 6 nitrogen and oxygen atoms in total. The van der Waals surface area contributed by atoms with Crippen LogP contribution in [0.2, 0.25) is 0 Å². The fourth-order valence-electron chi connectivity index (χ4n) is 4.29. The third-order valence-corrected chi connectivity index (χ3v) is 6.32. The Morgan fingerprint density at radius 1 is 0.935 bits per heavy atom. The van der Waals surface area contributed by atoms with Gasteiger partial charge in [-0.15, -0.1) is 0 Å². The van der Waals surface area contributed by atoms with Gasteiger partial charge in [-0.2, -0.15) is 0 Å². The Balaban J connectivity index is 1.20. The summed E-state index contributed by atoms with van der Waals surface area (Å²) >= 11 is 0. The van der Waals surface area contributed by atoms with Gasteiger partial charge in [0.25, 0.3) is 5.91 Å². The first kappa shape index (κ1) is 21.5. The van der Waals surface area contributed by atoms with Crippen molar-refractivity contribution in [2.75, 3.05) is 51.6 Å². The van der Waals surface area contributed by atoms with Crippen molar-refractivity contribution in [2.45, 2.75) is 25.7 Å². The van der Waals surface area contributed by atoms with Crippen molar-refractivity contribution in [2.24, 2.45) is 0 Å². The van der Waals surface area contributed by atoms with Crippen molar-refractivity contribution in [1.29, 1.82) is 0 Å². The molecule has 2 aromatic rings.